The summed E-state index contributed by atoms with van der Waals surface area (Å²) in [5, 5.41) is 3.14. The molecule has 0 aromatic carbocycles. The van der Waals surface area contributed by atoms with Crippen LogP contribution < -0.4 is 5.32 Å². The second-order valence-electron chi connectivity index (χ2n) is 5.65. The Morgan fingerprint density at radius 2 is 1.69 bits per heavy atom. The summed E-state index contributed by atoms with van der Waals surface area (Å²) >= 11 is 0. The topological polar surface area (TPSA) is 29.1 Å². The van der Waals surface area contributed by atoms with Crippen LogP contribution >= 0.6 is 0 Å². The summed E-state index contributed by atoms with van der Waals surface area (Å²) in [7, 11) is 0. The van der Waals surface area contributed by atoms with Gasteiger partial charge in [0.05, 0.1) is 0 Å². The van der Waals surface area contributed by atoms with E-state index in [4.69, 9.17) is 0 Å². The van der Waals surface area contributed by atoms with Gasteiger partial charge in [0.1, 0.15) is 0 Å². The van der Waals surface area contributed by atoms with Crippen LogP contribution in [0.2, 0.25) is 0 Å². The lowest BCUT2D eigenvalue weighted by molar-refractivity contribution is -0.129. The predicted molar refractivity (Wildman–Crippen MR) is 52.2 cm³/mol. The van der Waals surface area contributed by atoms with Crippen LogP contribution in [0.1, 0.15) is 40.0 Å². The van der Waals surface area contributed by atoms with Gasteiger partial charge in [0.25, 0.3) is 0 Å². The fourth-order valence-electron chi connectivity index (χ4n) is 2.23. The van der Waals surface area contributed by atoms with Crippen molar-refractivity contribution in [3.8, 4) is 0 Å². The zero-order valence-electron chi connectivity index (χ0n) is 8.76. The summed E-state index contributed by atoms with van der Waals surface area (Å²) < 4.78 is 0. The molecule has 0 bridgehead atoms. The molecule has 2 fully saturated rings. The molecule has 0 radical (unpaired) electrons. The molecule has 2 aliphatic rings. The molecule has 2 heteroatoms. The molecular weight excluding hydrogens is 162 g/mol. The monoisotopic (exact) mass is 181 g/mol. The van der Waals surface area contributed by atoms with E-state index in [1.807, 2.05) is 20.8 Å². The van der Waals surface area contributed by atoms with E-state index in [1.165, 1.54) is 19.3 Å². The number of amides is 1. The molecule has 2 nitrogen and oxygen atoms in total. The highest BCUT2D eigenvalue weighted by Crippen LogP contribution is 2.51. The van der Waals surface area contributed by atoms with Gasteiger partial charge in [-0.3, -0.25) is 4.79 Å². The van der Waals surface area contributed by atoms with E-state index >= 15 is 0 Å². The Labute approximate surface area is 80.1 Å². The quantitative estimate of drug-likeness (QED) is 0.658. The second kappa shape index (κ2) is 2.73. The second-order valence-corrected chi connectivity index (χ2v) is 5.65. The molecular formula is C11H19NO. The third-order valence-electron chi connectivity index (χ3n) is 3.26. The van der Waals surface area contributed by atoms with Gasteiger partial charge in [0.15, 0.2) is 0 Å². The summed E-state index contributed by atoms with van der Waals surface area (Å²) in [6, 6.07) is 0.482. The Balaban J connectivity index is 1.81. The van der Waals surface area contributed by atoms with Gasteiger partial charge in [-0.2, -0.15) is 0 Å². The maximum Gasteiger partial charge on any atom is 0.225 e. The molecule has 2 unspecified atom stereocenters. The van der Waals surface area contributed by atoms with Crippen LogP contribution in [-0.2, 0) is 4.79 Å². The van der Waals surface area contributed by atoms with E-state index in [-0.39, 0.29) is 11.3 Å². The fourth-order valence-corrected chi connectivity index (χ4v) is 2.23. The molecule has 0 saturated heterocycles. The number of nitrogens with one attached hydrogen (secondary N) is 1. The van der Waals surface area contributed by atoms with Crippen LogP contribution in [0.5, 0.6) is 0 Å². The third-order valence-corrected chi connectivity index (χ3v) is 3.26. The van der Waals surface area contributed by atoms with Crippen molar-refractivity contribution >= 4 is 5.91 Å². The molecule has 0 aromatic heterocycles. The highest BCUT2D eigenvalue weighted by Gasteiger charge is 2.46. The molecule has 74 valence electrons. The van der Waals surface area contributed by atoms with E-state index in [9.17, 15) is 4.79 Å². The lowest BCUT2D eigenvalue weighted by Gasteiger charge is -2.22. The van der Waals surface area contributed by atoms with Crippen LogP contribution in [0.25, 0.3) is 0 Å². The van der Waals surface area contributed by atoms with Crippen LogP contribution in [0.3, 0.4) is 0 Å². The Hall–Kier alpha value is -0.530. The molecule has 0 aromatic rings. The smallest absolute Gasteiger partial charge is 0.225 e. The molecule has 0 aliphatic heterocycles. The maximum atomic E-state index is 11.6. The summed E-state index contributed by atoms with van der Waals surface area (Å²) in [5.74, 6) is 2.11. The van der Waals surface area contributed by atoms with Gasteiger partial charge in [0.2, 0.25) is 5.91 Å². The van der Waals surface area contributed by atoms with E-state index in [0.29, 0.717) is 6.04 Å². The van der Waals surface area contributed by atoms with Crippen molar-refractivity contribution in [3.05, 3.63) is 0 Å². The number of fused-ring (bicyclic) bond motifs is 1. The standard InChI is InChI=1S/C11H19NO/c1-11(2,3)10(13)12-9-5-7-4-8(7)6-9/h7-9H,4-6H2,1-3H3,(H,12,13). The van der Waals surface area contributed by atoms with Crippen molar-refractivity contribution in [2.75, 3.05) is 0 Å². The van der Waals surface area contributed by atoms with Gasteiger partial charge in [-0.15, -0.1) is 0 Å². The van der Waals surface area contributed by atoms with Gasteiger partial charge >= 0.3 is 0 Å². The van der Waals surface area contributed by atoms with Crippen LogP contribution in [0.15, 0.2) is 0 Å². The van der Waals surface area contributed by atoms with Crippen molar-refractivity contribution in [2.45, 2.75) is 46.1 Å². The number of carbonyl (C=O) groups is 1. The van der Waals surface area contributed by atoms with Gasteiger partial charge in [0, 0.05) is 11.5 Å². The third kappa shape index (κ3) is 1.87. The fraction of sp³-hybridized carbons (Fsp3) is 0.909. The van der Waals surface area contributed by atoms with Gasteiger partial charge in [-0.25, -0.2) is 0 Å². The Morgan fingerprint density at radius 3 is 2.15 bits per heavy atom. The first kappa shape index (κ1) is 9.04. The Bertz CT molecular complexity index is 219. The zero-order valence-corrected chi connectivity index (χ0v) is 8.76. The maximum absolute atomic E-state index is 11.6. The summed E-state index contributed by atoms with van der Waals surface area (Å²) in [5.41, 5.74) is -0.229. The van der Waals surface area contributed by atoms with Crippen LogP contribution in [0.4, 0.5) is 0 Å². The number of hydrogen-bond donors (Lipinski definition) is 1. The minimum absolute atomic E-state index is 0.207. The highest BCUT2D eigenvalue weighted by atomic mass is 16.2. The Kier molecular flexibility index (Phi) is 1.90. The van der Waals surface area contributed by atoms with Crippen molar-refractivity contribution < 1.29 is 4.79 Å². The minimum atomic E-state index is -0.229. The van der Waals surface area contributed by atoms with E-state index in [1.54, 1.807) is 0 Å². The zero-order chi connectivity index (χ0) is 9.64. The first-order chi connectivity index (χ1) is 5.97. The molecule has 2 saturated carbocycles. The SMILES string of the molecule is CC(C)(C)C(=O)NC1CC2CC2C1. The van der Waals surface area contributed by atoms with Gasteiger partial charge in [-0.1, -0.05) is 20.8 Å². The summed E-state index contributed by atoms with van der Waals surface area (Å²) in [6.07, 6.45) is 3.88. The predicted octanol–water partition coefficient (Wildman–Crippen LogP) is 1.95. The lowest BCUT2D eigenvalue weighted by Crippen LogP contribution is -2.41. The highest BCUT2D eigenvalue weighted by molar-refractivity contribution is 5.81. The van der Waals surface area contributed by atoms with Crippen molar-refractivity contribution in [3.63, 3.8) is 0 Å². The normalized spacial score (nSPS) is 37.0. The Morgan fingerprint density at radius 1 is 1.15 bits per heavy atom. The van der Waals surface area contributed by atoms with E-state index in [0.717, 1.165) is 11.8 Å². The molecule has 0 heterocycles. The molecule has 2 aliphatic carbocycles. The molecule has 0 spiro atoms. The number of hydrogen-bond acceptors (Lipinski definition) is 1. The van der Waals surface area contributed by atoms with Gasteiger partial charge < -0.3 is 5.32 Å². The molecule has 2 atom stereocenters. The average Bonchev–Trinajstić information content (AvgIpc) is 2.57. The van der Waals surface area contributed by atoms with E-state index < -0.39 is 0 Å². The van der Waals surface area contributed by atoms with Crippen LogP contribution in [0, 0.1) is 17.3 Å². The summed E-state index contributed by atoms with van der Waals surface area (Å²) in [4.78, 5) is 11.6. The van der Waals surface area contributed by atoms with Gasteiger partial charge in [-0.05, 0) is 31.1 Å². The molecule has 13 heavy (non-hydrogen) atoms. The van der Waals surface area contributed by atoms with Crippen LogP contribution in [-0.4, -0.2) is 11.9 Å². The first-order valence-corrected chi connectivity index (χ1v) is 5.28. The molecule has 1 amide bonds. The minimum Gasteiger partial charge on any atom is -0.353 e. The van der Waals surface area contributed by atoms with E-state index in [2.05, 4.69) is 5.32 Å². The van der Waals surface area contributed by atoms with Crippen molar-refractivity contribution in [1.29, 1.82) is 0 Å². The first-order valence-electron chi connectivity index (χ1n) is 5.28. The molecule has 2 rings (SSSR count). The average molecular weight is 181 g/mol. The van der Waals surface area contributed by atoms with Crippen molar-refractivity contribution in [1.82, 2.24) is 5.32 Å². The van der Waals surface area contributed by atoms with Crippen molar-refractivity contribution in [2.24, 2.45) is 17.3 Å². The number of rotatable bonds is 1. The summed E-state index contributed by atoms with van der Waals surface area (Å²) in [6.45, 7) is 5.91. The molecule has 1 N–H and O–H groups in total. The largest absolute Gasteiger partial charge is 0.353 e. The lowest BCUT2D eigenvalue weighted by atomic mass is 9.95. The number of carbonyl (C=O) groups excluding carboxylic acids is 1.